The summed E-state index contributed by atoms with van der Waals surface area (Å²) in [5, 5.41) is 15.1. The molecule has 17 heavy (non-hydrogen) atoms. The lowest BCUT2D eigenvalue weighted by atomic mass is 9.83. The molecule has 1 aromatic rings. The zero-order chi connectivity index (χ0) is 12.3. The van der Waals surface area contributed by atoms with Crippen LogP contribution in [0.15, 0.2) is 12.1 Å². The van der Waals surface area contributed by atoms with Gasteiger partial charge in [-0.15, -0.1) is 5.10 Å². The summed E-state index contributed by atoms with van der Waals surface area (Å²) in [7, 11) is 1.97. The summed E-state index contributed by atoms with van der Waals surface area (Å²) in [6, 6.07) is 4.14. The molecule has 2 rings (SSSR count). The van der Waals surface area contributed by atoms with Gasteiger partial charge in [-0.2, -0.15) is 5.10 Å². The van der Waals surface area contributed by atoms with Crippen LogP contribution in [-0.2, 0) is 0 Å². The zero-order valence-corrected chi connectivity index (χ0v) is 11.0. The maximum absolute atomic E-state index is 4.29. The molecule has 0 spiro atoms. The van der Waals surface area contributed by atoms with Gasteiger partial charge in [0.15, 0.2) is 0 Å². The van der Waals surface area contributed by atoms with E-state index < -0.39 is 0 Å². The second kappa shape index (κ2) is 5.00. The molecule has 0 radical (unpaired) electrons. The molecule has 2 N–H and O–H groups in total. The van der Waals surface area contributed by atoms with Gasteiger partial charge in [0.05, 0.1) is 5.69 Å². The van der Waals surface area contributed by atoms with Gasteiger partial charge in [-0.1, -0.05) is 6.42 Å². The monoisotopic (exact) mass is 234 g/mol. The average Bonchev–Trinajstić information content (AvgIpc) is 2.26. The topological polar surface area (TPSA) is 49.8 Å². The molecule has 0 aromatic carbocycles. The first-order chi connectivity index (χ1) is 8.11. The van der Waals surface area contributed by atoms with Gasteiger partial charge in [0.2, 0.25) is 0 Å². The van der Waals surface area contributed by atoms with Gasteiger partial charge in [0, 0.05) is 18.0 Å². The highest BCUT2D eigenvalue weighted by atomic mass is 15.2. The van der Waals surface area contributed by atoms with E-state index in [9.17, 15) is 0 Å². The Balaban J connectivity index is 1.89. The van der Waals surface area contributed by atoms with Crippen molar-refractivity contribution in [3.63, 3.8) is 0 Å². The number of likely N-dealkylation sites (N-methyl/N-ethyl adjacent to an activating group) is 1. The first-order valence-electron chi connectivity index (χ1n) is 6.37. The van der Waals surface area contributed by atoms with Crippen molar-refractivity contribution in [1.29, 1.82) is 0 Å². The second-order valence-electron chi connectivity index (χ2n) is 5.46. The van der Waals surface area contributed by atoms with Crippen molar-refractivity contribution in [3.05, 3.63) is 17.8 Å². The van der Waals surface area contributed by atoms with Gasteiger partial charge in [-0.3, -0.25) is 0 Å². The molecule has 1 heterocycles. The van der Waals surface area contributed by atoms with Gasteiger partial charge in [-0.25, -0.2) is 0 Å². The molecule has 0 amide bonds. The molecule has 0 aliphatic heterocycles. The standard InChI is InChI=1S/C13H22N4/c1-13(2,14-3)9-15-12-8-7-11(16-17-12)10-5-4-6-10/h7-8,10,14H,4-6,9H2,1-3H3,(H,15,17). The SMILES string of the molecule is CNC(C)(C)CNc1ccc(C2CCC2)nn1. The fraction of sp³-hybridized carbons (Fsp3) is 0.692. The Hall–Kier alpha value is -1.16. The van der Waals surface area contributed by atoms with Crippen LogP contribution in [0.5, 0.6) is 0 Å². The molecular weight excluding hydrogens is 212 g/mol. The third-order valence-corrected chi connectivity index (χ3v) is 3.60. The van der Waals surface area contributed by atoms with E-state index >= 15 is 0 Å². The summed E-state index contributed by atoms with van der Waals surface area (Å²) in [5.41, 5.74) is 1.21. The highest BCUT2D eigenvalue weighted by molar-refractivity contribution is 5.34. The van der Waals surface area contributed by atoms with Crippen LogP contribution < -0.4 is 10.6 Å². The van der Waals surface area contributed by atoms with Crippen molar-refractivity contribution in [2.24, 2.45) is 0 Å². The van der Waals surface area contributed by atoms with E-state index in [1.54, 1.807) is 0 Å². The van der Waals surface area contributed by atoms with E-state index in [4.69, 9.17) is 0 Å². The fourth-order valence-electron chi connectivity index (χ4n) is 1.76. The predicted molar refractivity (Wildman–Crippen MR) is 70.3 cm³/mol. The normalized spacial score (nSPS) is 16.6. The maximum Gasteiger partial charge on any atom is 0.148 e. The third-order valence-electron chi connectivity index (χ3n) is 3.60. The number of hydrogen-bond acceptors (Lipinski definition) is 4. The van der Waals surface area contributed by atoms with Crippen LogP contribution in [0.2, 0.25) is 0 Å². The lowest BCUT2D eigenvalue weighted by molar-refractivity contribution is 0.408. The summed E-state index contributed by atoms with van der Waals surface area (Å²) in [6.45, 7) is 5.13. The van der Waals surface area contributed by atoms with Crippen molar-refractivity contribution in [1.82, 2.24) is 15.5 Å². The Morgan fingerprint density at radius 2 is 2.06 bits per heavy atom. The van der Waals surface area contributed by atoms with E-state index in [1.165, 1.54) is 19.3 Å². The van der Waals surface area contributed by atoms with Crippen LogP contribution in [-0.4, -0.2) is 29.3 Å². The lowest BCUT2D eigenvalue weighted by Gasteiger charge is -2.25. The van der Waals surface area contributed by atoms with Crippen LogP contribution in [0, 0.1) is 0 Å². The minimum atomic E-state index is 0.0638. The number of nitrogens with one attached hydrogen (secondary N) is 2. The highest BCUT2D eigenvalue weighted by Crippen LogP contribution is 2.34. The van der Waals surface area contributed by atoms with Crippen LogP contribution >= 0.6 is 0 Å². The molecule has 1 aliphatic rings. The Morgan fingerprint density at radius 1 is 1.29 bits per heavy atom. The second-order valence-corrected chi connectivity index (χ2v) is 5.46. The lowest BCUT2D eigenvalue weighted by Crippen LogP contribution is -2.42. The molecule has 4 heteroatoms. The van der Waals surface area contributed by atoms with Gasteiger partial charge in [0.1, 0.15) is 5.82 Å². The van der Waals surface area contributed by atoms with Crippen LogP contribution in [0.4, 0.5) is 5.82 Å². The summed E-state index contributed by atoms with van der Waals surface area (Å²) in [6.07, 6.45) is 3.88. The Morgan fingerprint density at radius 3 is 2.53 bits per heavy atom. The van der Waals surface area contributed by atoms with Crippen LogP contribution in [0.1, 0.15) is 44.7 Å². The summed E-state index contributed by atoms with van der Waals surface area (Å²) in [5.74, 6) is 1.52. The number of nitrogens with zero attached hydrogens (tertiary/aromatic N) is 2. The molecule has 4 nitrogen and oxygen atoms in total. The van der Waals surface area contributed by atoms with E-state index in [2.05, 4.69) is 40.7 Å². The molecule has 1 aliphatic carbocycles. The summed E-state index contributed by atoms with van der Waals surface area (Å²) < 4.78 is 0. The Labute approximate surface area is 103 Å². The van der Waals surface area contributed by atoms with Gasteiger partial charge in [-0.05, 0) is 45.9 Å². The largest absolute Gasteiger partial charge is 0.367 e. The highest BCUT2D eigenvalue weighted by Gasteiger charge is 2.21. The van der Waals surface area contributed by atoms with Crippen molar-refractivity contribution < 1.29 is 0 Å². The van der Waals surface area contributed by atoms with E-state index in [1.807, 2.05) is 13.1 Å². The molecule has 0 unspecified atom stereocenters. The van der Waals surface area contributed by atoms with E-state index in [0.29, 0.717) is 5.92 Å². The van der Waals surface area contributed by atoms with E-state index in [-0.39, 0.29) is 5.54 Å². The maximum atomic E-state index is 4.29. The molecule has 94 valence electrons. The number of rotatable bonds is 5. The minimum Gasteiger partial charge on any atom is -0.367 e. The van der Waals surface area contributed by atoms with Crippen molar-refractivity contribution in [3.8, 4) is 0 Å². The number of hydrogen-bond donors (Lipinski definition) is 2. The first-order valence-corrected chi connectivity index (χ1v) is 6.37. The summed E-state index contributed by atoms with van der Waals surface area (Å²) in [4.78, 5) is 0. The molecule has 1 fully saturated rings. The first kappa shape index (κ1) is 12.3. The van der Waals surface area contributed by atoms with Gasteiger partial charge in [0.25, 0.3) is 0 Å². The molecule has 1 aromatic heterocycles. The Bertz CT molecular complexity index is 354. The molecule has 0 bridgehead atoms. The van der Waals surface area contributed by atoms with Crippen molar-refractivity contribution in [2.75, 3.05) is 18.9 Å². The fourth-order valence-corrected chi connectivity index (χ4v) is 1.76. The van der Waals surface area contributed by atoms with Gasteiger partial charge >= 0.3 is 0 Å². The third kappa shape index (κ3) is 3.16. The summed E-state index contributed by atoms with van der Waals surface area (Å²) >= 11 is 0. The van der Waals surface area contributed by atoms with Gasteiger partial charge < -0.3 is 10.6 Å². The molecule has 1 saturated carbocycles. The smallest absolute Gasteiger partial charge is 0.148 e. The quantitative estimate of drug-likeness (QED) is 0.819. The molecule has 0 saturated heterocycles. The van der Waals surface area contributed by atoms with Crippen molar-refractivity contribution >= 4 is 5.82 Å². The zero-order valence-electron chi connectivity index (χ0n) is 11.0. The Kier molecular flexibility index (Phi) is 3.62. The number of anilines is 1. The predicted octanol–water partition coefficient (Wildman–Crippen LogP) is 2.15. The van der Waals surface area contributed by atoms with Crippen LogP contribution in [0.3, 0.4) is 0 Å². The molecular formula is C13H22N4. The van der Waals surface area contributed by atoms with E-state index in [0.717, 1.165) is 18.1 Å². The molecule has 0 atom stereocenters. The average molecular weight is 234 g/mol. The van der Waals surface area contributed by atoms with Crippen molar-refractivity contribution in [2.45, 2.75) is 44.6 Å². The number of aromatic nitrogens is 2. The van der Waals surface area contributed by atoms with Crippen LogP contribution in [0.25, 0.3) is 0 Å². The minimum absolute atomic E-state index is 0.0638.